The third-order valence-corrected chi connectivity index (χ3v) is 5.23. The van der Waals surface area contributed by atoms with Crippen molar-refractivity contribution in [3.8, 4) is 11.1 Å². The molecule has 1 aliphatic rings. The summed E-state index contributed by atoms with van der Waals surface area (Å²) in [4.78, 5) is 16.4. The molecule has 5 atom stereocenters. The minimum Gasteiger partial charge on any atom is -0.422 e. The SMILES string of the molecule is CC1OC(CO)C(O)C(O)C1Nc1ccc2cc(-c3ccncc3)c(=O)oc2c1. The minimum absolute atomic E-state index is 0.379. The fraction of sp³-hybridized carbons (Fsp3) is 0.333. The molecule has 8 nitrogen and oxygen atoms in total. The molecule has 5 unspecified atom stereocenters. The van der Waals surface area contributed by atoms with Crippen molar-refractivity contribution in [2.24, 2.45) is 0 Å². The van der Waals surface area contributed by atoms with E-state index in [1.807, 2.05) is 0 Å². The van der Waals surface area contributed by atoms with Gasteiger partial charge in [-0.1, -0.05) is 0 Å². The second-order valence-electron chi connectivity index (χ2n) is 7.15. The lowest BCUT2D eigenvalue weighted by atomic mass is 9.93. The number of ether oxygens (including phenoxy) is 1. The van der Waals surface area contributed by atoms with Crippen LogP contribution < -0.4 is 10.9 Å². The van der Waals surface area contributed by atoms with Gasteiger partial charge in [-0.25, -0.2) is 4.79 Å². The van der Waals surface area contributed by atoms with Gasteiger partial charge >= 0.3 is 5.63 Å². The number of benzene rings is 1. The second kappa shape index (κ2) is 7.92. The molecule has 0 amide bonds. The number of nitrogens with one attached hydrogen (secondary N) is 1. The summed E-state index contributed by atoms with van der Waals surface area (Å²) in [6, 6.07) is 9.90. The molecule has 0 radical (unpaired) electrons. The molecule has 4 rings (SSSR count). The molecule has 29 heavy (non-hydrogen) atoms. The molecule has 1 saturated heterocycles. The number of rotatable bonds is 4. The van der Waals surface area contributed by atoms with Gasteiger partial charge in [-0.2, -0.15) is 0 Å². The standard InChI is InChI=1S/C21H22N2O6/c1-11-18(20(26)19(25)17(10-24)28-11)23-14-3-2-13-8-15(12-4-6-22-7-5-12)21(27)29-16(13)9-14/h2-9,11,17-20,23-26H,10H2,1H3. The molecule has 0 aliphatic carbocycles. The molecule has 1 aliphatic heterocycles. The maximum Gasteiger partial charge on any atom is 0.344 e. The van der Waals surface area contributed by atoms with Crippen molar-refractivity contribution in [3.05, 3.63) is 59.2 Å². The van der Waals surface area contributed by atoms with Crippen molar-refractivity contribution in [2.45, 2.75) is 37.4 Å². The van der Waals surface area contributed by atoms with Crippen molar-refractivity contribution in [1.29, 1.82) is 0 Å². The zero-order valence-electron chi connectivity index (χ0n) is 15.7. The first kappa shape index (κ1) is 19.5. The number of fused-ring (bicyclic) bond motifs is 1. The van der Waals surface area contributed by atoms with Crippen LogP contribution >= 0.6 is 0 Å². The topological polar surface area (TPSA) is 125 Å². The Balaban J connectivity index is 1.62. The van der Waals surface area contributed by atoms with E-state index in [1.54, 1.807) is 55.7 Å². The summed E-state index contributed by atoms with van der Waals surface area (Å²) in [5.41, 5.74) is 1.71. The summed E-state index contributed by atoms with van der Waals surface area (Å²) in [5, 5.41) is 33.7. The average Bonchev–Trinajstić information content (AvgIpc) is 2.73. The molecule has 152 valence electrons. The van der Waals surface area contributed by atoms with Crippen LogP contribution in [-0.4, -0.2) is 57.4 Å². The monoisotopic (exact) mass is 398 g/mol. The van der Waals surface area contributed by atoms with Crippen LogP contribution in [0.25, 0.3) is 22.1 Å². The maximum atomic E-state index is 12.4. The van der Waals surface area contributed by atoms with E-state index in [9.17, 15) is 20.1 Å². The Labute approximate surface area is 166 Å². The first-order valence-electron chi connectivity index (χ1n) is 9.35. The van der Waals surface area contributed by atoms with Gasteiger partial charge in [-0.3, -0.25) is 4.98 Å². The Kier molecular flexibility index (Phi) is 5.33. The number of aromatic nitrogens is 1. The lowest BCUT2D eigenvalue weighted by Crippen LogP contribution is -2.60. The number of hydrogen-bond donors (Lipinski definition) is 4. The Morgan fingerprint density at radius 2 is 1.86 bits per heavy atom. The molecule has 4 N–H and O–H groups in total. The number of nitrogens with zero attached hydrogens (tertiary/aromatic N) is 1. The van der Waals surface area contributed by atoms with Gasteiger partial charge < -0.3 is 29.8 Å². The first-order valence-corrected chi connectivity index (χ1v) is 9.35. The number of aliphatic hydroxyl groups is 3. The number of pyridine rings is 1. The van der Waals surface area contributed by atoms with Crippen LogP contribution in [-0.2, 0) is 4.74 Å². The van der Waals surface area contributed by atoms with E-state index in [4.69, 9.17) is 9.15 Å². The third-order valence-electron chi connectivity index (χ3n) is 5.23. The van der Waals surface area contributed by atoms with Crippen molar-refractivity contribution in [3.63, 3.8) is 0 Å². The van der Waals surface area contributed by atoms with E-state index in [0.717, 1.165) is 10.9 Å². The fourth-order valence-electron chi connectivity index (χ4n) is 3.63. The Hall–Kier alpha value is -2.78. The summed E-state index contributed by atoms with van der Waals surface area (Å²) in [6.45, 7) is 1.37. The summed E-state index contributed by atoms with van der Waals surface area (Å²) < 4.78 is 11.1. The Morgan fingerprint density at radius 1 is 1.10 bits per heavy atom. The predicted molar refractivity (Wildman–Crippen MR) is 107 cm³/mol. The lowest BCUT2D eigenvalue weighted by molar-refractivity contribution is -0.180. The highest BCUT2D eigenvalue weighted by Crippen LogP contribution is 2.27. The summed E-state index contributed by atoms with van der Waals surface area (Å²) in [5.74, 6) is 0. The van der Waals surface area contributed by atoms with Gasteiger partial charge in [0.05, 0.1) is 24.3 Å². The highest BCUT2D eigenvalue weighted by Gasteiger charge is 2.42. The van der Waals surface area contributed by atoms with E-state index in [0.29, 0.717) is 16.8 Å². The first-order chi connectivity index (χ1) is 14.0. The molecular weight excluding hydrogens is 376 g/mol. The molecule has 0 bridgehead atoms. The molecular formula is C21H22N2O6. The molecule has 1 fully saturated rings. The number of anilines is 1. The molecule has 3 heterocycles. The molecule has 2 aromatic heterocycles. The number of hydrogen-bond acceptors (Lipinski definition) is 8. The molecule has 8 heteroatoms. The molecule has 0 spiro atoms. The van der Waals surface area contributed by atoms with Crippen LogP contribution in [0.1, 0.15) is 6.92 Å². The maximum absolute atomic E-state index is 12.4. The summed E-state index contributed by atoms with van der Waals surface area (Å²) in [6.07, 6.45) is -0.412. The van der Waals surface area contributed by atoms with Gasteiger partial charge in [0.2, 0.25) is 0 Å². The van der Waals surface area contributed by atoms with E-state index in [-0.39, 0.29) is 6.61 Å². The lowest BCUT2D eigenvalue weighted by Gasteiger charge is -2.41. The van der Waals surface area contributed by atoms with Crippen molar-refractivity contribution >= 4 is 16.7 Å². The third kappa shape index (κ3) is 3.75. The van der Waals surface area contributed by atoms with Crippen molar-refractivity contribution < 1.29 is 24.5 Å². The Morgan fingerprint density at radius 3 is 2.59 bits per heavy atom. The zero-order chi connectivity index (χ0) is 20.5. The highest BCUT2D eigenvalue weighted by atomic mass is 16.5. The van der Waals surface area contributed by atoms with Gasteiger partial charge in [0.25, 0.3) is 0 Å². The van der Waals surface area contributed by atoms with Gasteiger partial charge in [0.15, 0.2) is 0 Å². The van der Waals surface area contributed by atoms with Gasteiger partial charge in [-0.05, 0) is 42.8 Å². The van der Waals surface area contributed by atoms with E-state index in [2.05, 4.69) is 10.3 Å². The Bertz CT molecular complexity index is 1050. The smallest absolute Gasteiger partial charge is 0.344 e. The molecule has 0 saturated carbocycles. The van der Waals surface area contributed by atoms with Crippen LogP contribution in [0.5, 0.6) is 0 Å². The van der Waals surface area contributed by atoms with E-state index in [1.165, 1.54) is 0 Å². The predicted octanol–water partition coefficient (Wildman–Crippen LogP) is 1.14. The van der Waals surface area contributed by atoms with Gasteiger partial charge in [-0.15, -0.1) is 0 Å². The van der Waals surface area contributed by atoms with E-state index < -0.39 is 36.1 Å². The number of aliphatic hydroxyl groups excluding tert-OH is 3. The van der Waals surface area contributed by atoms with Crippen LogP contribution in [0.3, 0.4) is 0 Å². The highest BCUT2D eigenvalue weighted by molar-refractivity contribution is 5.84. The zero-order valence-corrected chi connectivity index (χ0v) is 15.7. The quantitative estimate of drug-likeness (QED) is 0.482. The minimum atomic E-state index is -1.21. The summed E-state index contributed by atoms with van der Waals surface area (Å²) >= 11 is 0. The normalized spacial score (nSPS) is 27.1. The van der Waals surface area contributed by atoms with Crippen LogP contribution in [0.15, 0.2) is 58.0 Å². The van der Waals surface area contributed by atoms with E-state index >= 15 is 0 Å². The average molecular weight is 398 g/mol. The van der Waals surface area contributed by atoms with Crippen LogP contribution in [0.2, 0.25) is 0 Å². The van der Waals surface area contributed by atoms with Crippen LogP contribution in [0, 0.1) is 0 Å². The van der Waals surface area contributed by atoms with Crippen molar-refractivity contribution in [1.82, 2.24) is 4.98 Å². The molecule has 3 aromatic rings. The second-order valence-corrected chi connectivity index (χ2v) is 7.15. The fourth-order valence-corrected chi connectivity index (χ4v) is 3.63. The van der Waals surface area contributed by atoms with Gasteiger partial charge in [0, 0.05) is 29.5 Å². The largest absolute Gasteiger partial charge is 0.422 e. The van der Waals surface area contributed by atoms with Crippen LogP contribution in [0.4, 0.5) is 5.69 Å². The molecule has 1 aromatic carbocycles. The van der Waals surface area contributed by atoms with Gasteiger partial charge in [0.1, 0.15) is 23.9 Å². The van der Waals surface area contributed by atoms with Crippen molar-refractivity contribution in [2.75, 3.05) is 11.9 Å². The summed E-state index contributed by atoms with van der Waals surface area (Å²) in [7, 11) is 0.